The molecule has 3 unspecified atom stereocenters. The van der Waals surface area contributed by atoms with Crippen LogP contribution in [0.25, 0.3) is 0 Å². The van der Waals surface area contributed by atoms with Gasteiger partial charge in [0, 0.05) is 24.6 Å². The molecule has 10 nitrogen and oxygen atoms in total. The molecular formula is C33H36N4O6. The number of aliphatic hydroxyl groups excluding tert-OH is 1. The zero-order chi connectivity index (χ0) is 29.9. The van der Waals surface area contributed by atoms with Crippen LogP contribution in [0.3, 0.4) is 0 Å². The van der Waals surface area contributed by atoms with Gasteiger partial charge in [0.2, 0.25) is 0 Å². The highest BCUT2D eigenvalue weighted by molar-refractivity contribution is 5.98. The minimum absolute atomic E-state index is 0.0846. The number of anilines is 1. The number of rotatable bonds is 5. The Balaban J connectivity index is 1.40. The summed E-state index contributed by atoms with van der Waals surface area (Å²) in [4.78, 5) is 44.9. The lowest BCUT2D eigenvalue weighted by Gasteiger charge is -2.36. The molecule has 0 radical (unpaired) electrons. The molecule has 0 spiro atoms. The number of carbonyl (C=O) groups is 3. The van der Waals surface area contributed by atoms with Gasteiger partial charge in [-0.15, -0.1) is 0 Å². The third-order valence-electron chi connectivity index (χ3n) is 8.55. The molecule has 0 aromatic heterocycles. The quantitative estimate of drug-likeness (QED) is 0.262. The van der Waals surface area contributed by atoms with Gasteiger partial charge in [0.1, 0.15) is 17.5 Å². The van der Waals surface area contributed by atoms with Crippen LogP contribution in [0.1, 0.15) is 54.4 Å². The Morgan fingerprint density at radius 1 is 0.907 bits per heavy atom. The second-order valence-electron chi connectivity index (χ2n) is 11.3. The highest BCUT2D eigenvalue weighted by Gasteiger charge is 2.43. The Bertz CT molecular complexity index is 1480. The lowest BCUT2D eigenvalue weighted by Crippen LogP contribution is -2.54. The molecule has 3 N–H and O–H groups in total. The van der Waals surface area contributed by atoms with E-state index in [1.165, 1.54) is 4.90 Å². The number of para-hydroxylation sites is 2. The molecule has 0 bridgehead atoms. The molecular weight excluding hydrogens is 548 g/mol. The van der Waals surface area contributed by atoms with Gasteiger partial charge in [-0.05, 0) is 67.6 Å². The van der Waals surface area contributed by atoms with Crippen molar-refractivity contribution in [2.24, 2.45) is 5.84 Å². The Kier molecular flexibility index (Phi) is 8.42. The second-order valence-corrected chi connectivity index (χ2v) is 11.3. The molecule has 3 aromatic carbocycles. The number of hydrazine groups is 1. The van der Waals surface area contributed by atoms with Crippen LogP contribution in [0.15, 0.2) is 78.9 Å². The van der Waals surface area contributed by atoms with E-state index in [2.05, 4.69) is 0 Å². The molecule has 224 valence electrons. The first-order valence-corrected chi connectivity index (χ1v) is 14.9. The molecule has 1 saturated carbocycles. The first-order chi connectivity index (χ1) is 20.9. The van der Waals surface area contributed by atoms with Crippen LogP contribution in [0.4, 0.5) is 5.69 Å². The highest BCUT2D eigenvalue weighted by atomic mass is 16.6. The van der Waals surface area contributed by atoms with E-state index in [1.54, 1.807) is 53.4 Å². The average Bonchev–Trinajstić information content (AvgIpc) is 3.73. The Hall–Kier alpha value is -4.25. The van der Waals surface area contributed by atoms with Gasteiger partial charge in [-0.1, -0.05) is 55.3 Å². The fourth-order valence-corrected chi connectivity index (χ4v) is 6.39. The fourth-order valence-electron chi connectivity index (χ4n) is 6.39. The summed E-state index contributed by atoms with van der Waals surface area (Å²) < 4.78 is 12.0. The van der Waals surface area contributed by atoms with Crippen LogP contribution in [0.2, 0.25) is 0 Å². The number of nitrogens with two attached hydrogens (primary N) is 1. The first kappa shape index (κ1) is 28.9. The summed E-state index contributed by atoms with van der Waals surface area (Å²) in [7, 11) is 0. The zero-order valence-electron chi connectivity index (χ0n) is 23.9. The molecule has 1 saturated heterocycles. The van der Waals surface area contributed by atoms with Gasteiger partial charge in [0.05, 0.1) is 5.69 Å². The fraction of sp³-hybridized carbons (Fsp3) is 0.364. The summed E-state index contributed by atoms with van der Waals surface area (Å²) in [5, 5.41) is 11.9. The number of esters is 1. The standard InChI is InChI=1S/C33H36N4O6/c34-37-27-17-7-4-10-22(27)21-28(33(41)43-29-18-9-19-35(29)31(39)32(37)40)36(24-12-5-6-13-24)30(38)23-11-8-16-26(20-23)42-25-14-2-1-3-15-25/h1-4,7-8,10-11,14-17,20,24,28-29,31,39H,5-6,9,12-13,18-19,21,34H2. The summed E-state index contributed by atoms with van der Waals surface area (Å²) in [6, 6.07) is 22.1. The van der Waals surface area contributed by atoms with E-state index in [1.807, 2.05) is 30.3 Å². The van der Waals surface area contributed by atoms with Crippen molar-refractivity contribution >= 4 is 23.5 Å². The summed E-state index contributed by atoms with van der Waals surface area (Å²) >= 11 is 0. The van der Waals surface area contributed by atoms with E-state index in [0.29, 0.717) is 47.7 Å². The number of hydrogen-bond donors (Lipinski definition) is 2. The molecule has 2 heterocycles. The monoisotopic (exact) mass is 584 g/mol. The Morgan fingerprint density at radius 3 is 2.42 bits per heavy atom. The first-order valence-electron chi connectivity index (χ1n) is 14.9. The molecule has 1 aliphatic carbocycles. The third kappa shape index (κ3) is 5.99. The number of nitrogens with zero attached hydrogens (tertiary/aromatic N) is 3. The number of fused-ring (bicyclic) bond motifs is 2. The van der Waals surface area contributed by atoms with Crippen molar-refractivity contribution in [2.45, 2.75) is 69.5 Å². The van der Waals surface area contributed by atoms with Crippen molar-refractivity contribution in [3.63, 3.8) is 0 Å². The smallest absolute Gasteiger partial charge is 0.330 e. The molecule has 3 aliphatic rings. The molecule has 6 rings (SSSR count). The number of amides is 2. The Labute approximate surface area is 250 Å². The number of carbonyl (C=O) groups excluding carboxylic acids is 3. The van der Waals surface area contributed by atoms with Crippen LogP contribution in [-0.4, -0.2) is 63.8 Å². The predicted octanol–water partition coefficient (Wildman–Crippen LogP) is 3.98. The summed E-state index contributed by atoms with van der Waals surface area (Å²) in [5.74, 6) is 5.85. The maximum atomic E-state index is 14.4. The van der Waals surface area contributed by atoms with Crippen LogP contribution >= 0.6 is 0 Å². The topological polar surface area (TPSA) is 126 Å². The number of ether oxygens (including phenoxy) is 2. The molecule has 3 atom stereocenters. The third-order valence-corrected chi connectivity index (χ3v) is 8.55. The molecule has 2 fully saturated rings. The molecule has 10 heteroatoms. The summed E-state index contributed by atoms with van der Waals surface area (Å²) in [6.07, 6.45) is 2.18. The number of hydrogen-bond acceptors (Lipinski definition) is 8. The highest BCUT2D eigenvalue weighted by Crippen LogP contribution is 2.33. The normalized spacial score (nSPS) is 23.2. The van der Waals surface area contributed by atoms with Crippen LogP contribution in [0.5, 0.6) is 11.5 Å². The van der Waals surface area contributed by atoms with Gasteiger partial charge >= 0.3 is 5.97 Å². The lowest BCUT2D eigenvalue weighted by atomic mass is 9.98. The largest absolute Gasteiger partial charge is 0.457 e. The van der Waals surface area contributed by atoms with Gasteiger partial charge in [0.15, 0.2) is 12.5 Å². The van der Waals surface area contributed by atoms with Gasteiger partial charge in [-0.3, -0.25) is 9.59 Å². The minimum Gasteiger partial charge on any atom is -0.457 e. The van der Waals surface area contributed by atoms with Crippen molar-refractivity contribution in [3.8, 4) is 11.5 Å². The molecule has 43 heavy (non-hydrogen) atoms. The van der Waals surface area contributed by atoms with E-state index >= 15 is 0 Å². The SMILES string of the molecule is NN1C(=O)C(O)N2CCCC2OC(=O)C(N(C(=O)c2cccc(Oc3ccccc3)c2)C2CCCC2)Cc2ccccc21. The summed E-state index contributed by atoms with van der Waals surface area (Å²) in [6.45, 7) is 0.366. The van der Waals surface area contributed by atoms with Crippen molar-refractivity contribution in [1.82, 2.24) is 9.80 Å². The van der Waals surface area contributed by atoms with Crippen LogP contribution < -0.4 is 15.6 Å². The lowest BCUT2D eigenvalue weighted by molar-refractivity contribution is -0.174. The van der Waals surface area contributed by atoms with Crippen molar-refractivity contribution in [1.29, 1.82) is 0 Å². The van der Waals surface area contributed by atoms with E-state index in [-0.39, 0.29) is 18.4 Å². The average molecular weight is 585 g/mol. The van der Waals surface area contributed by atoms with Crippen LogP contribution in [0, 0.1) is 0 Å². The van der Waals surface area contributed by atoms with Gasteiger partial charge < -0.3 is 19.5 Å². The van der Waals surface area contributed by atoms with Crippen LogP contribution in [-0.2, 0) is 20.7 Å². The van der Waals surface area contributed by atoms with Gasteiger partial charge in [0.25, 0.3) is 11.8 Å². The maximum absolute atomic E-state index is 14.4. The minimum atomic E-state index is -1.57. The summed E-state index contributed by atoms with van der Waals surface area (Å²) in [5.41, 5.74) is 1.34. The molecule has 3 aromatic rings. The number of aliphatic hydroxyl groups is 1. The predicted molar refractivity (Wildman–Crippen MR) is 159 cm³/mol. The van der Waals surface area contributed by atoms with E-state index in [4.69, 9.17) is 15.3 Å². The van der Waals surface area contributed by atoms with E-state index in [0.717, 1.165) is 30.7 Å². The second kappa shape index (κ2) is 12.5. The molecule has 2 aliphatic heterocycles. The molecule has 2 amide bonds. The van der Waals surface area contributed by atoms with Crippen molar-refractivity contribution in [3.05, 3.63) is 90.0 Å². The van der Waals surface area contributed by atoms with E-state index < -0.39 is 30.4 Å². The van der Waals surface area contributed by atoms with Gasteiger partial charge in [-0.25, -0.2) is 20.5 Å². The van der Waals surface area contributed by atoms with Crippen molar-refractivity contribution in [2.75, 3.05) is 11.6 Å². The maximum Gasteiger partial charge on any atom is 0.330 e. The van der Waals surface area contributed by atoms with Gasteiger partial charge in [-0.2, -0.15) is 0 Å². The zero-order valence-corrected chi connectivity index (χ0v) is 23.9. The Morgan fingerprint density at radius 2 is 1.63 bits per heavy atom. The van der Waals surface area contributed by atoms with E-state index in [9.17, 15) is 19.5 Å². The van der Waals surface area contributed by atoms with Crippen molar-refractivity contribution < 1.29 is 29.0 Å². The number of benzene rings is 3.